The minimum absolute atomic E-state index is 0.0138. The summed E-state index contributed by atoms with van der Waals surface area (Å²) >= 11 is 0. The lowest BCUT2D eigenvalue weighted by Gasteiger charge is -2.14. The largest absolute Gasteiger partial charge is 0.395 e. The molecule has 1 heterocycles. The summed E-state index contributed by atoms with van der Waals surface area (Å²) in [5, 5.41) is 8.70. The molecule has 0 saturated carbocycles. The first-order chi connectivity index (χ1) is 7.63. The molecule has 4 nitrogen and oxygen atoms in total. The van der Waals surface area contributed by atoms with Crippen LogP contribution in [-0.2, 0) is 11.3 Å². The van der Waals surface area contributed by atoms with Crippen LogP contribution in [0.4, 0.5) is 0 Å². The lowest BCUT2D eigenvalue weighted by molar-refractivity contribution is -0.696. The number of aliphatic hydroxyl groups excluding tert-OH is 1. The molecule has 4 heteroatoms. The van der Waals surface area contributed by atoms with Gasteiger partial charge in [0.15, 0.2) is 18.9 Å². The Kier molecular flexibility index (Phi) is 4.92. The van der Waals surface area contributed by atoms with E-state index in [-0.39, 0.29) is 12.5 Å². The Bertz CT molecular complexity index is 335. The average Bonchev–Trinajstić information content (AvgIpc) is 2.28. The molecule has 16 heavy (non-hydrogen) atoms. The van der Waals surface area contributed by atoms with Crippen molar-refractivity contribution >= 4 is 5.91 Å². The zero-order valence-electron chi connectivity index (χ0n) is 9.89. The van der Waals surface area contributed by atoms with Crippen molar-refractivity contribution in [2.75, 3.05) is 20.2 Å². The monoisotopic (exact) mass is 223 g/mol. The lowest BCUT2D eigenvalue weighted by Crippen LogP contribution is -2.37. The van der Waals surface area contributed by atoms with Crippen molar-refractivity contribution in [1.29, 1.82) is 0 Å². The molecule has 1 aromatic heterocycles. The van der Waals surface area contributed by atoms with Crippen molar-refractivity contribution in [3.63, 3.8) is 0 Å². The average molecular weight is 223 g/mol. The van der Waals surface area contributed by atoms with Crippen LogP contribution >= 0.6 is 0 Å². The van der Waals surface area contributed by atoms with Crippen LogP contribution in [0.25, 0.3) is 0 Å². The molecular weight excluding hydrogens is 204 g/mol. The number of amides is 1. The van der Waals surface area contributed by atoms with Gasteiger partial charge in [-0.25, -0.2) is 4.57 Å². The molecule has 0 saturated heterocycles. The van der Waals surface area contributed by atoms with E-state index in [4.69, 9.17) is 5.11 Å². The highest BCUT2D eigenvalue weighted by Crippen LogP contribution is 1.93. The Labute approximate surface area is 96.1 Å². The third-order valence-electron chi connectivity index (χ3n) is 2.50. The van der Waals surface area contributed by atoms with Crippen LogP contribution in [0.5, 0.6) is 0 Å². The van der Waals surface area contributed by atoms with Crippen LogP contribution in [0.2, 0.25) is 0 Å². The van der Waals surface area contributed by atoms with Gasteiger partial charge < -0.3 is 10.0 Å². The molecular formula is C12H19N2O2+. The maximum atomic E-state index is 11.6. The number of rotatable bonds is 5. The Morgan fingerprint density at radius 2 is 2.06 bits per heavy atom. The maximum Gasteiger partial charge on any atom is 0.228 e. The second-order valence-corrected chi connectivity index (χ2v) is 3.90. The number of pyridine rings is 1. The zero-order chi connectivity index (χ0) is 12.0. The third kappa shape index (κ3) is 3.98. The van der Waals surface area contributed by atoms with Crippen molar-refractivity contribution in [3.8, 4) is 0 Å². The molecule has 1 N–H and O–H groups in total. The van der Waals surface area contributed by atoms with Crippen molar-refractivity contribution in [3.05, 3.63) is 30.1 Å². The molecule has 88 valence electrons. The van der Waals surface area contributed by atoms with Crippen LogP contribution in [0.3, 0.4) is 0 Å². The molecule has 0 fully saturated rings. The predicted molar refractivity (Wildman–Crippen MR) is 60.7 cm³/mol. The molecule has 0 bridgehead atoms. The van der Waals surface area contributed by atoms with Crippen LogP contribution < -0.4 is 4.57 Å². The molecule has 0 radical (unpaired) electrons. The number of aromatic nitrogens is 1. The van der Waals surface area contributed by atoms with Gasteiger partial charge in [-0.2, -0.15) is 0 Å². The van der Waals surface area contributed by atoms with Gasteiger partial charge in [0.25, 0.3) is 0 Å². The third-order valence-corrected chi connectivity index (χ3v) is 2.50. The van der Waals surface area contributed by atoms with E-state index in [2.05, 4.69) is 0 Å². The zero-order valence-corrected chi connectivity index (χ0v) is 9.89. The number of carbonyl (C=O) groups excluding carboxylic acids is 1. The summed E-state index contributed by atoms with van der Waals surface area (Å²) in [6.07, 6.45) is 4.40. The molecule has 0 aliphatic rings. The fraction of sp³-hybridized carbons (Fsp3) is 0.500. The van der Waals surface area contributed by atoms with E-state index in [0.717, 1.165) is 0 Å². The van der Waals surface area contributed by atoms with Gasteiger partial charge in [0.2, 0.25) is 5.91 Å². The lowest BCUT2D eigenvalue weighted by atomic mass is 10.3. The van der Waals surface area contributed by atoms with Gasteiger partial charge in [-0.1, -0.05) is 0 Å². The smallest absolute Gasteiger partial charge is 0.228 e. The molecule has 0 spiro atoms. The summed E-state index contributed by atoms with van der Waals surface area (Å²) in [4.78, 5) is 13.1. The van der Waals surface area contributed by atoms with E-state index in [1.165, 1.54) is 5.56 Å². The number of hydrogen-bond acceptors (Lipinski definition) is 2. The number of aryl methyl sites for hydroxylation is 2. The van der Waals surface area contributed by atoms with Crippen molar-refractivity contribution in [2.45, 2.75) is 19.9 Å². The van der Waals surface area contributed by atoms with E-state index in [0.29, 0.717) is 19.5 Å². The Balaban J connectivity index is 2.39. The first-order valence-corrected chi connectivity index (χ1v) is 5.44. The van der Waals surface area contributed by atoms with E-state index < -0.39 is 0 Å². The summed E-state index contributed by atoms with van der Waals surface area (Å²) in [5.74, 6) is 0.0575. The summed E-state index contributed by atoms with van der Waals surface area (Å²) < 4.78 is 1.98. The quantitative estimate of drug-likeness (QED) is 0.721. The number of nitrogens with zero attached hydrogens (tertiary/aromatic N) is 2. The summed E-state index contributed by atoms with van der Waals surface area (Å²) in [6.45, 7) is 3.12. The highest BCUT2D eigenvalue weighted by atomic mass is 16.3. The maximum absolute atomic E-state index is 11.6. The van der Waals surface area contributed by atoms with Gasteiger partial charge in [0.1, 0.15) is 0 Å². The van der Waals surface area contributed by atoms with Crippen molar-refractivity contribution in [1.82, 2.24) is 4.90 Å². The molecule has 1 aromatic rings. The fourth-order valence-electron chi connectivity index (χ4n) is 1.37. The van der Waals surface area contributed by atoms with Crippen LogP contribution in [-0.4, -0.2) is 36.1 Å². The molecule has 0 aromatic carbocycles. The molecule has 0 unspecified atom stereocenters. The number of aliphatic hydroxyl groups is 1. The molecule has 1 rings (SSSR count). The molecule has 0 aliphatic carbocycles. The predicted octanol–water partition coefficient (Wildman–Crippen LogP) is 0.123. The van der Waals surface area contributed by atoms with Crippen molar-refractivity contribution < 1.29 is 14.5 Å². The molecule has 1 amide bonds. The number of likely N-dealkylation sites (N-methyl/N-ethyl adjacent to an activating group) is 1. The van der Waals surface area contributed by atoms with E-state index in [1.54, 1.807) is 11.9 Å². The Hall–Kier alpha value is -1.42. The van der Waals surface area contributed by atoms with E-state index in [1.807, 2.05) is 36.0 Å². The molecule has 0 atom stereocenters. The van der Waals surface area contributed by atoms with Gasteiger partial charge in [-0.3, -0.25) is 4.79 Å². The van der Waals surface area contributed by atoms with Crippen LogP contribution in [0.15, 0.2) is 24.5 Å². The van der Waals surface area contributed by atoms with Gasteiger partial charge in [-0.15, -0.1) is 0 Å². The van der Waals surface area contributed by atoms with E-state index >= 15 is 0 Å². The highest BCUT2D eigenvalue weighted by molar-refractivity contribution is 5.75. The number of hydrogen-bond donors (Lipinski definition) is 1. The van der Waals surface area contributed by atoms with Crippen molar-refractivity contribution in [2.24, 2.45) is 0 Å². The second-order valence-electron chi connectivity index (χ2n) is 3.90. The Morgan fingerprint density at radius 3 is 2.62 bits per heavy atom. The SMILES string of the molecule is Cc1cc[n+](CCC(=O)N(C)CCO)cc1. The first-order valence-electron chi connectivity index (χ1n) is 5.44. The summed E-state index contributed by atoms with van der Waals surface area (Å²) in [7, 11) is 1.71. The molecule has 0 aliphatic heterocycles. The minimum Gasteiger partial charge on any atom is -0.395 e. The van der Waals surface area contributed by atoms with Crippen LogP contribution in [0.1, 0.15) is 12.0 Å². The summed E-state index contributed by atoms with van der Waals surface area (Å²) in [6, 6.07) is 4.03. The normalized spacial score (nSPS) is 10.2. The van der Waals surface area contributed by atoms with Gasteiger partial charge >= 0.3 is 0 Å². The minimum atomic E-state index is 0.0138. The second kappa shape index (κ2) is 6.23. The summed E-state index contributed by atoms with van der Waals surface area (Å²) in [5.41, 5.74) is 1.21. The first kappa shape index (κ1) is 12.6. The van der Waals surface area contributed by atoms with Gasteiger partial charge in [0, 0.05) is 25.7 Å². The standard InChI is InChI=1S/C12H19N2O2/c1-11-3-6-14(7-4-11)8-5-12(16)13(2)9-10-15/h3-4,6-7,15H,5,8-10H2,1-2H3/q+1. The fourth-order valence-corrected chi connectivity index (χ4v) is 1.37. The van der Waals surface area contributed by atoms with E-state index in [9.17, 15) is 4.79 Å². The van der Waals surface area contributed by atoms with Gasteiger partial charge in [-0.05, 0) is 12.5 Å². The topological polar surface area (TPSA) is 44.4 Å². The number of carbonyl (C=O) groups is 1. The van der Waals surface area contributed by atoms with Crippen LogP contribution in [0, 0.1) is 6.92 Å². The highest BCUT2D eigenvalue weighted by Gasteiger charge is 2.10. The Morgan fingerprint density at radius 1 is 1.44 bits per heavy atom. The van der Waals surface area contributed by atoms with Gasteiger partial charge in [0.05, 0.1) is 13.0 Å².